The molecule has 0 atom stereocenters. The Morgan fingerprint density at radius 2 is 1.40 bits per heavy atom. The molecule has 0 unspecified atom stereocenters. The maximum Gasteiger partial charge on any atom is 0.494 e. The number of allylic oxidation sites excluding steroid dienone is 4. The first kappa shape index (κ1) is 25.1. The molecule has 0 saturated carbocycles. The monoisotopic (exact) mass is 523 g/mol. The molecule has 1 aliphatic carbocycles. The third-order valence-electron chi connectivity index (χ3n) is 8.92. The van der Waals surface area contributed by atoms with E-state index in [0.29, 0.717) is 0 Å². The lowest BCUT2D eigenvalue weighted by molar-refractivity contribution is 0.00578. The Kier molecular flexibility index (Phi) is 5.88. The molecule has 40 heavy (non-hydrogen) atoms. The van der Waals surface area contributed by atoms with Crippen LogP contribution in [0.3, 0.4) is 0 Å². The smallest absolute Gasteiger partial charge is 0.399 e. The van der Waals surface area contributed by atoms with Gasteiger partial charge in [-0.15, -0.1) is 0 Å². The van der Waals surface area contributed by atoms with Gasteiger partial charge in [0, 0.05) is 16.5 Å². The van der Waals surface area contributed by atoms with Crippen molar-refractivity contribution in [2.75, 3.05) is 0 Å². The summed E-state index contributed by atoms with van der Waals surface area (Å²) >= 11 is 0. The second kappa shape index (κ2) is 9.37. The summed E-state index contributed by atoms with van der Waals surface area (Å²) in [5, 5.41) is 2.56. The molecule has 1 aromatic heterocycles. The molecule has 1 fully saturated rings. The van der Waals surface area contributed by atoms with E-state index in [1.165, 1.54) is 49.8 Å². The highest BCUT2D eigenvalue weighted by Gasteiger charge is 2.52. The van der Waals surface area contributed by atoms with Crippen molar-refractivity contribution in [1.82, 2.24) is 4.57 Å². The molecule has 1 saturated heterocycles. The fourth-order valence-corrected chi connectivity index (χ4v) is 6.09. The Hall–Kier alpha value is -3.86. The van der Waals surface area contributed by atoms with Gasteiger partial charge in [0.15, 0.2) is 0 Å². The number of fused-ring (bicyclic) bond motifs is 3. The molecule has 4 aromatic carbocycles. The molecule has 2 heterocycles. The van der Waals surface area contributed by atoms with Crippen LogP contribution in [0.15, 0.2) is 115 Å². The third kappa shape index (κ3) is 4.06. The number of hydrogen-bond acceptors (Lipinski definition) is 2. The Labute approximate surface area is 236 Å². The number of nitrogens with zero attached hydrogens (tertiary/aromatic N) is 1. The number of para-hydroxylation sites is 1. The third-order valence-corrected chi connectivity index (χ3v) is 8.92. The minimum Gasteiger partial charge on any atom is -0.399 e. The van der Waals surface area contributed by atoms with Gasteiger partial charge in [-0.3, -0.25) is 0 Å². The minimum absolute atomic E-state index is 0.352. The van der Waals surface area contributed by atoms with E-state index in [1.54, 1.807) is 0 Å². The van der Waals surface area contributed by atoms with Crippen molar-refractivity contribution in [2.24, 2.45) is 0 Å². The van der Waals surface area contributed by atoms with Crippen molar-refractivity contribution < 1.29 is 9.31 Å². The first-order chi connectivity index (χ1) is 19.3. The predicted octanol–water partition coefficient (Wildman–Crippen LogP) is 9.19. The van der Waals surface area contributed by atoms with Gasteiger partial charge in [0.05, 0.1) is 22.2 Å². The number of benzene rings is 4. The van der Waals surface area contributed by atoms with Gasteiger partial charge in [-0.25, -0.2) is 0 Å². The predicted molar refractivity (Wildman–Crippen MR) is 168 cm³/mol. The van der Waals surface area contributed by atoms with Crippen molar-refractivity contribution in [1.29, 1.82) is 0 Å². The Bertz CT molecular complexity index is 1780. The van der Waals surface area contributed by atoms with Gasteiger partial charge in [0.2, 0.25) is 0 Å². The van der Waals surface area contributed by atoms with E-state index < -0.39 is 0 Å². The average Bonchev–Trinajstić information content (AvgIpc) is 3.42. The first-order valence-electron chi connectivity index (χ1n) is 14.3. The molecule has 4 heteroatoms. The molecule has 7 rings (SSSR count). The van der Waals surface area contributed by atoms with E-state index >= 15 is 0 Å². The summed E-state index contributed by atoms with van der Waals surface area (Å²) < 4.78 is 15.3. The van der Waals surface area contributed by atoms with Crippen LogP contribution >= 0.6 is 0 Å². The lowest BCUT2D eigenvalue weighted by Gasteiger charge is -2.32. The summed E-state index contributed by atoms with van der Waals surface area (Å²) in [6, 6.07) is 35.0. The summed E-state index contributed by atoms with van der Waals surface area (Å²) in [4.78, 5) is 0. The van der Waals surface area contributed by atoms with Gasteiger partial charge in [0.1, 0.15) is 0 Å². The largest absolute Gasteiger partial charge is 0.494 e. The molecule has 0 spiro atoms. The number of hydrogen-bond donors (Lipinski definition) is 0. The maximum atomic E-state index is 6.43. The van der Waals surface area contributed by atoms with E-state index in [9.17, 15) is 0 Å². The molecule has 0 bridgehead atoms. The SMILES string of the molecule is CC1(C)OB(C2=CCCC(c3cccc4c3c3cc(-c5ccccc5)ccc3n4-c3ccccc3)=C2)OC1(C)C. The standard InChI is InChI=1S/C36H34BNO2/c1-35(2)36(3,4)40-37(39-35)28-16-11-15-27(23-28)30-19-12-20-33-34(30)31-24-26(25-13-7-5-8-14-25)21-22-32(31)38(33)29-17-9-6-10-18-29/h5-10,12-14,16-24H,11,15H2,1-4H3. The van der Waals surface area contributed by atoms with E-state index in [2.05, 4.69) is 141 Å². The molecule has 3 nitrogen and oxygen atoms in total. The van der Waals surface area contributed by atoms with Crippen LogP contribution < -0.4 is 0 Å². The second-order valence-corrected chi connectivity index (χ2v) is 12.0. The van der Waals surface area contributed by atoms with Crippen LogP contribution in [0.1, 0.15) is 46.1 Å². The van der Waals surface area contributed by atoms with Crippen LogP contribution in [0.4, 0.5) is 0 Å². The molecule has 198 valence electrons. The number of rotatable bonds is 4. The van der Waals surface area contributed by atoms with E-state index in [4.69, 9.17) is 9.31 Å². The van der Waals surface area contributed by atoms with E-state index in [0.717, 1.165) is 18.3 Å². The van der Waals surface area contributed by atoms with Crippen LogP contribution in [0.5, 0.6) is 0 Å². The van der Waals surface area contributed by atoms with Gasteiger partial charge >= 0.3 is 7.12 Å². The van der Waals surface area contributed by atoms with Crippen molar-refractivity contribution >= 4 is 34.5 Å². The summed E-state index contributed by atoms with van der Waals surface area (Å²) in [6.45, 7) is 8.46. The summed E-state index contributed by atoms with van der Waals surface area (Å²) in [7, 11) is -0.352. The maximum absolute atomic E-state index is 6.43. The summed E-state index contributed by atoms with van der Waals surface area (Å²) in [5.74, 6) is 0. The minimum atomic E-state index is -0.360. The molecular weight excluding hydrogens is 489 g/mol. The topological polar surface area (TPSA) is 23.4 Å². The van der Waals surface area contributed by atoms with Crippen molar-refractivity contribution in [3.05, 3.63) is 120 Å². The van der Waals surface area contributed by atoms with Gasteiger partial charge in [-0.05, 0) is 98.6 Å². The zero-order valence-electron chi connectivity index (χ0n) is 23.6. The molecule has 0 radical (unpaired) electrons. The fraction of sp³-hybridized carbons (Fsp3) is 0.222. The Morgan fingerprint density at radius 3 is 2.12 bits per heavy atom. The van der Waals surface area contributed by atoms with E-state index in [1.807, 2.05) is 0 Å². The van der Waals surface area contributed by atoms with Crippen LogP contribution in [-0.4, -0.2) is 22.9 Å². The average molecular weight is 523 g/mol. The molecule has 5 aromatic rings. The molecule has 2 aliphatic rings. The molecule has 0 amide bonds. The van der Waals surface area contributed by atoms with Gasteiger partial charge < -0.3 is 13.9 Å². The Morgan fingerprint density at radius 1 is 0.700 bits per heavy atom. The zero-order chi connectivity index (χ0) is 27.5. The normalized spacial score (nSPS) is 18.2. The van der Waals surface area contributed by atoms with Crippen molar-refractivity contribution in [3.8, 4) is 16.8 Å². The number of aromatic nitrogens is 1. The van der Waals surface area contributed by atoms with Crippen molar-refractivity contribution in [3.63, 3.8) is 0 Å². The fourth-order valence-electron chi connectivity index (χ4n) is 6.09. The summed E-state index contributed by atoms with van der Waals surface area (Å²) in [6.07, 6.45) is 6.55. The lowest BCUT2D eigenvalue weighted by Crippen LogP contribution is -2.41. The van der Waals surface area contributed by atoms with Gasteiger partial charge in [-0.2, -0.15) is 0 Å². The molecular formula is C36H34BNO2. The Balaban J connectivity index is 1.43. The van der Waals surface area contributed by atoms with Gasteiger partial charge in [-0.1, -0.05) is 78.9 Å². The quantitative estimate of drug-likeness (QED) is 0.219. The summed E-state index contributed by atoms with van der Waals surface area (Å²) in [5.41, 5.74) is 9.07. The van der Waals surface area contributed by atoms with Gasteiger partial charge in [0.25, 0.3) is 0 Å². The molecule has 0 N–H and O–H groups in total. The van der Waals surface area contributed by atoms with Crippen LogP contribution in [-0.2, 0) is 9.31 Å². The zero-order valence-corrected chi connectivity index (χ0v) is 23.6. The highest BCUT2D eigenvalue weighted by atomic mass is 16.7. The second-order valence-electron chi connectivity index (χ2n) is 12.0. The van der Waals surface area contributed by atoms with Crippen molar-refractivity contribution in [2.45, 2.75) is 51.7 Å². The highest BCUT2D eigenvalue weighted by molar-refractivity contribution is 6.56. The molecule has 1 aliphatic heterocycles. The first-order valence-corrected chi connectivity index (χ1v) is 14.3. The van der Waals surface area contributed by atoms with Crippen LogP contribution in [0.25, 0.3) is 44.2 Å². The van der Waals surface area contributed by atoms with Crippen LogP contribution in [0, 0.1) is 0 Å². The lowest BCUT2D eigenvalue weighted by atomic mass is 9.73. The van der Waals surface area contributed by atoms with E-state index in [-0.39, 0.29) is 18.3 Å². The highest BCUT2D eigenvalue weighted by Crippen LogP contribution is 2.43. The van der Waals surface area contributed by atoms with Crippen LogP contribution in [0.2, 0.25) is 0 Å².